The van der Waals surface area contributed by atoms with Crippen LogP contribution in [-0.4, -0.2) is 12.1 Å². The molecule has 0 saturated carbocycles. The molecule has 2 aromatic rings. The molecule has 1 amide bonds. The van der Waals surface area contributed by atoms with E-state index < -0.39 is 0 Å². The molecule has 1 heterocycles. The van der Waals surface area contributed by atoms with E-state index in [-0.39, 0.29) is 18.7 Å². The summed E-state index contributed by atoms with van der Waals surface area (Å²) < 4.78 is 5.37. The van der Waals surface area contributed by atoms with Gasteiger partial charge >= 0.3 is 6.09 Å². The SMILES string of the molecule is CC[C@@H]1C[C@H](NC(=O)OCc2ccccc2)c2cc(C)ccc2N1. The average Bonchev–Trinajstić information content (AvgIpc) is 2.61. The van der Waals surface area contributed by atoms with Crippen LogP contribution in [0.25, 0.3) is 0 Å². The van der Waals surface area contributed by atoms with E-state index in [1.807, 2.05) is 30.3 Å². The number of aryl methyl sites for hydroxylation is 1. The van der Waals surface area contributed by atoms with Gasteiger partial charge in [-0.3, -0.25) is 0 Å². The van der Waals surface area contributed by atoms with Gasteiger partial charge in [0.15, 0.2) is 0 Å². The summed E-state index contributed by atoms with van der Waals surface area (Å²) >= 11 is 0. The molecule has 0 aliphatic carbocycles. The second-order valence-electron chi connectivity index (χ2n) is 6.33. The molecule has 3 rings (SSSR count). The molecule has 4 nitrogen and oxygen atoms in total. The van der Waals surface area contributed by atoms with Crippen molar-refractivity contribution in [2.45, 2.75) is 45.4 Å². The van der Waals surface area contributed by atoms with Crippen LogP contribution in [0.1, 0.15) is 42.5 Å². The van der Waals surface area contributed by atoms with Crippen LogP contribution in [0.2, 0.25) is 0 Å². The number of hydrogen-bond acceptors (Lipinski definition) is 3. The Morgan fingerprint density at radius 1 is 1.25 bits per heavy atom. The molecule has 0 unspecified atom stereocenters. The van der Waals surface area contributed by atoms with Gasteiger partial charge in [0.05, 0.1) is 6.04 Å². The van der Waals surface area contributed by atoms with E-state index >= 15 is 0 Å². The number of nitrogens with one attached hydrogen (secondary N) is 2. The van der Waals surface area contributed by atoms with Crippen LogP contribution < -0.4 is 10.6 Å². The maximum Gasteiger partial charge on any atom is 0.407 e. The van der Waals surface area contributed by atoms with Crippen LogP contribution in [0.3, 0.4) is 0 Å². The number of anilines is 1. The minimum Gasteiger partial charge on any atom is -0.445 e. The molecule has 4 heteroatoms. The summed E-state index contributed by atoms with van der Waals surface area (Å²) in [6.07, 6.45) is 1.52. The smallest absolute Gasteiger partial charge is 0.407 e. The number of carbonyl (C=O) groups excluding carboxylic acids is 1. The Morgan fingerprint density at radius 2 is 2.04 bits per heavy atom. The highest BCUT2D eigenvalue weighted by molar-refractivity contribution is 5.69. The third-order valence-electron chi connectivity index (χ3n) is 4.46. The first-order chi connectivity index (χ1) is 11.7. The van der Waals surface area contributed by atoms with E-state index in [2.05, 4.69) is 42.7 Å². The molecule has 1 aliphatic heterocycles. The van der Waals surface area contributed by atoms with Crippen molar-refractivity contribution < 1.29 is 9.53 Å². The summed E-state index contributed by atoms with van der Waals surface area (Å²) in [6.45, 7) is 4.51. The molecular weight excluding hydrogens is 300 g/mol. The molecule has 0 fully saturated rings. The first-order valence-electron chi connectivity index (χ1n) is 8.50. The molecule has 0 radical (unpaired) electrons. The quantitative estimate of drug-likeness (QED) is 0.867. The summed E-state index contributed by atoms with van der Waals surface area (Å²) in [6, 6.07) is 16.4. The average molecular weight is 324 g/mol. The summed E-state index contributed by atoms with van der Waals surface area (Å²) in [4.78, 5) is 12.2. The van der Waals surface area contributed by atoms with Crippen LogP contribution >= 0.6 is 0 Å². The van der Waals surface area contributed by atoms with Gasteiger partial charge in [-0.2, -0.15) is 0 Å². The van der Waals surface area contributed by atoms with Gasteiger partial charge < -0.3 is 15.4 Å². The summed E-state index contributed by atoms with van der Waals surface area (Å²) in [5.74, 6) is 0. The van der Waals surface area contributed by atoms with Crippen LogP contribution in [-0.2, 0) is 11.3 Å². The lowest BCUT2D eigenvalue weighted by Gasteiger charge is -2.33. The predicted octanol–water partition coefficient (Wildman–Crippen LogP) is 4.56. The molecule has 0 aromatic heterocycles. The lowest BCUT2D eigenvalue weighted by atomic mass is 9.91. The number of hydrogen-bond donors (Lipinski definition) is 2. The third-order valence-corrected chi connectivity index (χ3v) is 4.46. The van der Waals surface area contributed by atoms with E-state index in [9.17, 15) is 4.79 Å². The van der Waals surface area contributed by atoms with Crippen LogP contribution in [0.5, 0.6) is 0 Å². The Hall–Kier alpha value is -2.49. The highest BCUT2D eigenvalue weighted by Gasteiger charge is 2.27. The van der Waals surface area contributed by atoms with E-state index in [1.54, 1.807) is 0 Å². The minimum absolute atomic E-state index is 0.0191. The third kappa shape index (κ3) is 3.88. The van der Waals surface area contributed by atoms with Crippen LogP contribution in [0, 0.1) is 6.92 Å². The van der Waals surface area contributed by atoms with Crippen molar-refractivity contribution in [3.63, 3.8) is 0 Å². The molecular formula is C20H24N2O2. The molecule has 2 atom stereocenters. The van der Waals surface area contributed by atoms with E-state index in [1.165, 1.54) is 5.56 Å². The van der Waals surface area contributed by atoms with Gasteiger partial charge in [-0.05, 0) is 37.0 Å². The molecule has 2 N–H and O–H groups in total. The maximum atomic E-state index is 12.2. The van der Waals surface area contributed by atoms with Gasteiger partial charge in [-0.1, -0.05) is 55.0 Å². The lowest BCUT2D eigenvalue weighted by Crippen LogP contribution is -2.37. The topological polar surface area (TPSA) is 50.4 Å². The van der Waals surface area contributed by atoms with Crippen LogP contribution in [0.15, 0.2) is 48.5 Å². The zero-order valence-electron chi connectivity index (χ0n) is 14.2. The fourth-order valence-corrected chi connectivity index (χ4v) is 3.10. The minimum atomic E-state index is -0.368. The molecule has 0 bridgehead atoms. The van der Waals surface area contributed by atoms with Gasteiger partial charge in [0, 0.05) is 11.7 Å². The number of carbonyl (C=O) groups is 1. The predicted molar refractivity (Wildman–Crippen MR) is 96.0 cm³/mol. The standard InChI is InChI=1S/C20H24N2O2/c1-3-16-12-19(17-11-14(2)9-10-18(17)21-16)22-20(23)24-13-15-7-5-4-6-8-15/h4-11,16,19,21H,3,12-13H2,1-2H3,(H,22,23)/t16-,19+/m1/s1. The van der Waals surface area contributed by atoms with Gasteiger partial charge in [0.1, 0.15) is 6.61 Å². The fourth-order valence-electron chi connectivity index (χ4n) is 3.10. The van der Waals surface area contributed by atoms with E-state index in [0.717, 1.165) is 29.7 Å². The Kier molecular flexibility index (Phi) is 5.04. The molecule has 1 aliphatic rings. The van der Waals surface area contributed by atoms with Gasteiger partial charge in [-0.25, -0.2) is 4.79 Å². The number of ether oxygens (including phenoxy) is 1. The van der Waals surface area contributed by atoms with Crippen molar-refractivity contribution in [1.29, 1.82) is 0 Å². The molecule has 0 spiro atoms. The second-order valence-corrected chi connectivity index (χ2v) is 6.33. The number of amides is 1. The largest absolute Gasteiger partial charge is 0.445 e. The van der Waals surface area contributed by atoms with Crippen molar-refractivity contribution in [1.82, 2.24) is 5.32 Å². The number of rotatable bonds is 4. The summed E-state index contributed by atoms with van der Waals surface area (Å²) in [5.41, 5.74) is 4.42. The number of alkyl carbamates (subject to hydrolysis) is 1. The van der Waals surface area contributed by atoms with Crippen molar-refractivity contribution in [3.05, 3.63) is 65.2 Å². The van der Waals surface area contributed by atoms with Crippen molar-refractivity contribution >= 4 is 11.8 Å². The van der Waals surface area contributed by atoms with Crippen LogP contribution in [0.4, 0.5) is 10.5 Å². The zero-order chi connectivity index (χ0) is 16.9. The van der Waals surface area contributed by atoms with Crippen molar-refractivity contribution in [2.24, 2.45) is 0 Å². The van der Waals surface area contributed by atoms with Gasteiger partial charge in [0.2, 0.25) is 0 Å². The fraction of sp³-hybridized carbons (Fsp3) is 0.350. The van der Waals surface area contributed by atoms with Crippen molar-refractivity contribution in [2.75, 3.05) is 5.32 Å². The summed E-state index contributed by atoms with van der Waals surface area (Å²) in [5, 5.41) is 6.58. The zero-order valence-corrected chi connectivity index (χ0v) is 14.2. The molecule has 126 valence electrons. The lowest BCUT2D eigenvalue weighted by molar-refractivity contribution is 0.134. The van der Waals surface area contributed by atoms with E-state index in [0.29, 0.717) is 6.04 Å². The molecule has 24 heavy (non-hydrogen) atoms. The van der Waals surface area contributed by atoms with Gasteiger partial charge in [0.25, 0.3) is 0 Å². The normalized spacial score (nSPS) is 19.1. The second kappa shape index (κ2) is 7.39. The number of fused-ring (bicyclic) bond motifs is 1. The Balaban J connectivity index is 1.67. The maximum absolute atomic E-state index is 12.2. The highest BCUT2D eigenvalue weighted by Crippen LogP contribution is 2.34. The van der Waals surface area contributed by atoms with Gasteiger partial charge in [-0.15, -0.1) is 0 Å². The number of benzene rings is 2. The highest BCUT2D eigenvalue weighted by atomic mass is 16.5. The first kappa shape index (κ1) is 16.4. The first-order valence-corrected chi connectivity index (χ1v) is 8.50. The van der Waals surface area contributed by atoms with E-state index in [4.69, 9.17) is 4.74 Å². The Labute approximate surface area is 143 Å². The monoisotopic (exact) mass is 324 g/mol. The summed E-state index contributed by atoms with van der Waals surface area (Å²) in [7, 11) is 0. The Morgan fingerprint density at radius 3 is 2.79 bits per heavy atom. The van der Waals surface area contributed by atoms with Crippen molar-refractivity contribution in [3.8, 4) is 0 Å². The Bertz CT molecular complexity index is 700. The molecule has 0 saturated heterocycles. The molecule has 2 aromatic carbocycles.